The Kier molecular flexibility index (Phi) is 14.5. The van der Waals surface area contributed by atoms with Gasteiger partial charge in [0.1, 0.15) is 11.6 Å². The summed E-state index contributed by atoms with van der Waals surface area (Å²) in [5, 5.41) is 6.40. The summed E-state index contributed by atoms with van der Waals surface area (Å²) < 4.78 is 20.4. The molecular weight excluding hydrogens is 1360 g/mol. The molecule has 0 atom stereocenters. The first-order chi connectivity index (χ1) is 37.3. The molecule has 9 nitrogen and oxygen atoms in total. The molecule has 11 heteroatoms. The van der Waals surface area contributed by atoms with E-state index in [1.54, 1.807) is 0 Å². The van der Waals surface area contributed by atoms with Gasteiger partial charge in [-0.05, 0) is 90.9 Å². The maximum atomic E-state index is 6.96. The molecule has 0 amide bonds. The van der Waals surface area contributed by atoms with Crippen LogP contribution in [0.15, 0.2) is 134 Å². The van der Waals surface area contributed by atoms with Gasteiger partial charge in [-0.2, -0.15) is 22.9 Å². The van der Waals surface area contributed by atoms with Crippen molar-refractivity contribution in [3.05, 3.63) is 186 Å². The van der Waals surface area contributed by atoms with E-state index in [4.69, 9.17) is 29.4 Å². The van der Waals surface area contributed by atoms with E-state index < -0.39 is 0 Å². The van der Waals surface area contributed by atoms with Gasteiger partial charge in [0.2, 0.25) is 5.95 Å². The molecule has 6 aromatic carbocycles. The fourth-order valence-corrected chi connectivity index (χ4v) is 11.0. The second-order valence-corrected chi connectivity index (χ2v) is 26.3. The Labute approximate surface area is 504 Å². The van der Waals surface area contributed by atoms with E-state index in [0.717, 1.165) is 93.7 Å². The Hall–Kier alpha value is -6.92. The molecule has 0 bridgehead atoms. The largest absolute Gasteiger partial charge is 2.00 e. The van der Waals surface area contributed by atoms with Crippen LogP contribution in [0.25, 0.3) is 83.0 Å². The molecule has 12 rings (SSSR count). The van der Waals surface area contributed by atoms with Crippen molar-refractivity contribution < 1.29 is 51.6 Å². The normalized spacial score (nSPS) is 12.7. The first kappa shape index (κ1) is 57.3. The predicted molar refractivity (Wildman–Crippen MR) is 323 cm³/mol. The summed E-state index contributed by atoms with van der Waals surface area (Å²) in [5.41, 5.74) is 10.3. The van der Waals surface area contributed by atoms with E-state index in [9.17, 15) is 0 Å². The third kappa shape index (κ3) is 10.3. The van der Waals surface area contributed by atoms with Gasteiger partial charge in [-0.15, -0.1) is 59.7 Å². The van der Waals surface area contributed by atoms with Gasteiger partial charge >= 0.3 is 42.1 Å². The minimum atomic E-state index is -0.251. The van der Waals surface area contributed by atoms with Crippen molar-refractivity contribution in [3.8, 4) is 40.6 Å². The van der Waals surface area contributed by atoms with Crippen LogP contribution in [0.5, 0.6) is 23.0 Å². The predicted octanol–water partition coefficient (Wildman–Crippen LogP) is 17.8. The molecule has 12 aromatic rings. The van der Waals surface area contributed by atoms with E-state index in [-0.39, 0.29) is 69.2 Å². The number of para-hydroxylation sites is 2. The van der Waals surface area contributed by atoms with Gasteiger partial charge in [-0.3, -0.25) is 0 Å². The van der Waals surface area contributed by atoms with Gasteiger partial charge in [0, 0.05) is 58.8 Å². The van der Waals surface area contributed by atoms with Gasteiger partial charge in [-0.1, -0.05) is 173 Å². The number of benzene rings is 6. The van der Waals surface area contributed by atoms with Crippen LogP contribution in [0.1, 0.15) is 132 Å². The minimum Gasteiger partial charge on any atom is -0.509 e. The summed E-state index contributed by atoms with van der Waals surface area (Å²) >= 11 is 0. The van der Waals surface area contributed by atoms with Crippen LogP contribution < -0.4 is 9.47 Å². The molecular formula is C70H67N7O2Pt2. The van der Waals surface area contributed by atoms with Crippen molar-refractivity contribution in [2.24, 2.45) is 0 Å². The van der Waals surface area contributed by atoms with Gasteiger partial charge in [0.05, 0.1) is 0 Å². The third-order valence-corrected chi connectivity index (χ3v) is 15.3. The van der Waals surface area contributed by atoms with E-state index in [2.05, 4.69) is 234 Å². The SMILES string of the molecule is CC(C)(C)c1cnc(-n2c3[c-]c(Oc4[c-]c5c(c(C(C)(C)C)c4)c4ccccc4n5-c4cc(C(C)(C)C)ccn4)ccc3c3ccc(Oc4[c-]c5c(c(C(C)(C)C)c4)c4ccccc4n5-c4cc(C(C)(C)C)ccn4)[c-]c32)nc1.[Pt+2].[Pt+2]. The molecule has 6 aromatic heterocycles. The third-order valence-electron chi connectivity index (χ3n) is 15.3. The van der Waals surface area contributed by atoms with Crippen molar-refractivity contribution in [3.63, 3.8) is 0 Å². The van der Waals surface area contributed by atoms with Crippen molar-refractivity contribution in [2.45, 2.75) is 131 Å². The van der Waals surface area contributed by atoms with E-state index >= 15 is 0 Å². The Morgan fingerprint density at radius 3 is 1.12 bits per heavy atom. The van der Waals surface area contributed by atoms with Gasteiger partial charge < -0.3 is 23.2 Å². The summed E-state index contributed by atoms with van der Waals surface area (Å²) in [5.74, 6) is 4.30. The maximum Gasteiger partial charge on any atom is 2.00 e. The molecule has 0 spiro atoms. The maximum absolute atomic E-state index is 6.96. The molecule has 0 aliphatic carbocycles. The number of pyridine rings is 2. The second kappa shape index (κ2) is 20.5. The van der Waals surface area contributed by atoms with Gasteiger partial charge in [0.25, 0.3) is 0 Å². The van der Waals surface area contributed by atoms with Crippen LogP contribution in [-0.4, -0.2) is 33.6 Å². The molecule has 81 heavy (non-hydrogen) atoms. The van der Waals surface area contributed by atoms with Crippen molar-refractivity contribution in [1.29, 1.82) is 0 Å². The zero-order valence-corrected chi connectivity index (χ0v) is 53.3. The number of nitrogens with zero attached hydrogens (tertiary/aromatic N) is 7. The molecule has 0 saturated carbocycles. The van der Waals surface area contributed by atoms with Crippen LogP contribution >= 0.6 is 0 Å². The first-order valence-corrected chi connectivity index (χ1v) is 27.4. The summed E-state index contributed by atoms with van der Waals surface area (Å²) in [6, 6.07) is 52.9. The fraction of sp³-hybridized carbons (Fsp3) is 0.286. The molecule has 0 aliphatic rings. The zero-order valence-electron chi connectivity index (χ0n) is 48.8. The topological polar surface area (TPSA) is 84.8 Å². The monoisotopic (exact) mass is 1430 g/mol. The number of rotatable bonds is 7. The Morgan fingerprint density at radius 1 is 0.358 bits per heavy atom. The van der Waals surface area contributed by atoms with Crippen LogP contribution in [-0.2, 0) is 69.2 Å². The smallest absolute Gasteiger partial charge is 0.509 e. The van der Waals surface area contributed by atoms with E-state index in [0.29, 0.717) is 28.9 Å². The van der Waals surface area contributed by atoms with Crippen molar-refractivity contribution in [1.82, 2.24) is 33.6 Å². The second-order valence-electron chi connectivity index (χ2n) is 26.3. The summed E-state index contributed by atoms with van der Waals surface area (Å²) in [4.78, 5) is 20.0. The van der Waals surface area contributed by atoms with E-state index in [1.165, 1.54) is 11.1 Å². The molecule has 0 unspecified atom stereocenters. The van der Waals surface area contributed by atoms with Crippen LogP contribution in [0.2, 0.25) is 0 Å². The quantitative estimate of drug-likeness (QED) is 0.148. The molecule has 0 N–H and O–H groups in total. The number of hydrogen-bond acceptors (Lipinski definition) is 6. The van der Waals surface area contributed by atoms with Crippen LogP contribution in [0.3, 0.4) is 0 Å². The van der Waals surface area contributed by atoms with Crippen molar-refractivity contribution >= 4 is 65.4 Å². The summed E-state index contributed by atoms with van der Waals surface area (Å²) in [6.45, 7) is 33.3. The average Bonchev–Trinajstić information content (AvgIpc) is 4.06. The molecule has 0 fully saturated rings. The molecule has 414 valence electrons. The fourth-order valence-electron chi connectivity index (χ4n) is 11.0. The standard InChI is InChI=1S/C70H67N7O2.2Pt/c1-66(2,3)42-28-30-71-61(32-42)75-55-22-18-16-20-51(55)63-53(69(10,11)12)34-47(38-59(63)75)78-45-24-26-49-50-27-25-46(37-58(50)77(57(49)36-45)65-73-40-44(41-74-65)68(7,8)9)79-48-35-54(70(13,14)15)64-52-21-17-19-23-56(52)76(60(64)39-48)62-33-43(29-31-72-62)67(4,5)6;;/h16-35,40-41H,1-15H3;;/q-4;2*+2. The van der Waals surface area contributed by atoms with Crippen molar-refractivity contribution in [2.75, 3.05) is 0 Å². The Balaban J connectivity index is 0.00000368. The summed E-state index contributed by atoms with van der Waals surface area (Å²) in [6.07, 6.45) is 7.63. The Bertz CT molecular complexity index is 4140. The molecule has 0 radical (unpaired) electrons. The molecule has 0 saturated heterocycles. The van der Waals surface area contributed by atoms with Gasteiger partial charge in [0.15, 0.2) is 0 Å². The van der Waals surface area contributed by atoms with Gasteiger partial charge in [-0.25, -0.2) is 19.9 Å². The first-order valence-electron chi connectivity index (χ1n) is 27.4. The van der Waals surface area contributed by atoms with E-state index in [1.807, 2.05) is 41.5 Å². The summed E-state index contributed by atoms with van der Waals surface area (Å²) in [7, 11) is 0. The van der Waals surface area contributed by atoms with Crippen LogP contribution in [0, 0.1) is 24.3 Å². The molecule has 6 heterocycles. The number of hydrogen-bond donors (Lipinski definition) is 0. The van der Waals surface area contributed by atoms with Crippen LogP contribution in [0.4, 0.5) is 0 Å². The minimum absolute atomic E-state index is 0. The molecule has 0 aliphatic heterocycles. The average molecular weight is 1430 g/mol. The number of fused-ring (bicyclic) bond motifs is 9. The zero-order chi connectivity index (χ0) is 55.7. The number of ether oxygens (including phenoxy) is 2. The Morgan fingerprint density at radius 2 is 0.741 bits per heavy atom. The number of aromatic nitrogens is 7.